The average Bonchev–Trinajstić information content (AvgIpc) is 3.38. The molecule has 4 aromatic rings. The van der Waals surface area contributed by atoms with E-state index in [1.54, 1.807) is 4.68 Å². The lowest BCUT2D eigenvalue weighted by molar-refractivity contribution is -0.0178. The second-order valence-electron chi connectivity index (χ2n) is 9.76. The number of benzene rings is 1. The maximum absolute atomic E-state index is 14.9. The molecule has 35 heavy (non-hydrogen) atoms. The van der Waals surface area contributed by atoms with Crippen LogP contribution in [0.2, 0.25) is 0 Å². The molecule has 1 aromatic carbocycles. The zero-order valence-corrected chi connectivity index (χ0v) is 19.9. The van der Waals surface area contributed by atoms with Crippen LogP contribution in [0.25, 0.3) is 22.3 Å². The number of aromatic nitrogens is 6. The van der Waals surface area contributed by atoms with Crippen LogP contribution in [-0.2, 0) is 4.74 Å². The minimum Gasteiger partial charge on any atom is -0.367 e. The van der Waals surface area contributed by atoms with Crippen molar-refractivity contribution in [2.75, 3.05) is 18.0 Å². The van der Waals surface area contributed by atoms with Gasteiger partial charge in [-0.25, -0.2) is 13.8 Å². The number of fused-ring (bicyclic) bond motifs is 1. The Bertz CT molecular complexity index is 1390. The van der Waals surface area contributed by atoms with Gasteiger partial charge >= 0.3 is 0 Å². The van der Waals surface area contributed by atoms with E-state index < -0.39 is 11.6 Å². The van der Waals surface area contributed by atoms with Crippen molar-refractivity contribution >= 4 is 17.0 Å². The molecule has 1 saturated heterocycles. The van der Waals surface area contributed by atoms with Crippen molar-refractivity contribution in [1.82, 2.24) is 29.5 Å². The number of halogens is 2. The molecule has 4 heterocycles. The largest absolute Gasteiger partial charge is 0.367 e. The van der Waals surface area contributed by atoms with Gasteiger partial charge in [0, 0.05) is 42.2 Å². The predicted molar refractivity (Wildman–Crippen MR) is 127 cm³/mol. The summed E-state index contributed by atoms with van der Waals surface area (Å²) in [6, 6.07) is 4.12. The van der Waals surface area contributed by atoms with Crippen LogP contribution in [0.5, 0.6) is 0 Å². The number of hydrogen-bond donors (Lipinski definition) is 0. The standard InChI is InChI=1S/C25H27F2N7O/c1-14(2)33-12-20-23(19-7-4-17(26)8-21(19)27)29-25(30-24(20)31-33)32-10-15(3)35-22(13-32)16-9-28-34(11-16)18-5-6-18/h4,7-9,11-12,14-15,18,22H,5-6,10,13H2,1-3H3/t15-,22+/m0/s1. The summed E-state index contributed by atoms with van der Waals surface area (Å²) in [5, 5.41) is 9.76. The van der Waals surface area contributed by atoms with E-state index in [2.05, 4.69) is 16.4 Å². The van der Waals surface area contributed by atoms with E-state index in [0.717, 1.165) is 24.5 Å². The molecule has 0 radical (unpaired) electrons. The van der Waals surface area contributed by atoms with Crippen LogP contribution in [0.1, 0.15) is 57.4 Å². The first-order valence-corrected chi connectivity index (χ1v) is 12.0. The highest BCUT2D eigenvalue weighted by molar-refractivity contribution is 5.91. The Morgan fingerprint density at radius 2 is 1.91 bits per heavy atom. The van der Waals surface area contributed by atoms with Gasteiger partial charge in [-0.1, -0.05) is 0 Å². The second-order valence-corrected chi connectivity index (χ2v) is 9.76. The second kappa shape index (κ2) is 8.37. The summed E-state index contributed by atoms with van der Waals surface area (Å²) in [5.41, 5.74) is 2.10. The molecule has 0 unspecified atom stereocenters. The summed E-state index contributed by atoms with van der Waals surface area (Å²) in [4.78, 5) is 11.6. The SMILES string of the molecule is CC(C)n1cc2c(-c3ccc(F)cc3F)nc(N3C[C@H](C)O[C@@H](c4cnn(C5CC5)c4)C3)nc2n1. The van der Waals surface area contributed by atoms with Gasteiger partial charge in [0.25, 0.3) is 0 Å². The van der Waals surface area contributed by atoms with Crippen LogP contribution < -0.4 is 4.90 Å². The number of rotatable bonds is 5. The zero-order chi connectivity index (χ0) is 24.3. The van der Waals surface area contributed by atoms with Crippen LogP contribution in [0, 0.1) is 11.6 Å². The summed E-state index contributed by atoms with van der Waals surface area (Å²) in [7, 11) is 0. The molecule has 0 spiro atoms. The smallest absolute Gasteiger partial charge is 0.228 e. The topological polar surface area (TPSA) is 73.9 Å². The molecule has 3 aromatic heterocycles. The third kappa shape index (κ3) is 4.16. The number of anilines is 1. The highest BCUT2D eigenvalue weighted by Gasteiger charge is 2.32. The third-order valence-electron chi connectivity index (χ3n) is 6.56. The highest BCUT2D eigenvalue weighted by Crippen LogP contribution is 2.36. The van der Waals surface area contributed by atoms with Gasteiger partial charge < -0.3 is 9.64 Å². The molecule has 1 aliphatic heterocycles. The fourth-order valence-corrected chi connectivity index (χ4v) is 4.56. The van der Waals surface area contributed by atoms with E-state index in [9.17, 15) is 8.78 Å². The predicted octanol–water partition coefficient (Wildman–Crippen LogP) is 4.85. The Balaban J connectivity index is 1.41. The van der Waals surface area contributed by atoms with Crippen molar-refractivity contribution in [3.05, 3.63) is 54.0 Å². The van der Waals surface area contributed by atoms with E-state index in [4.69, 9.17) is 14.7 Å². The lowest BCUT2D eigenvalue weighted by atomic mass is 10.1. The molecule has 182 valence electrons. The van der Waals surface area contributed by atoms with Gasteiger partial charge in [0.05, 0.1) is 36.0 Å². The minimum absolute atomic E-state index is 0.0726. The van der Waals surface area contributed by atoms with Crippen LogP contribution in [0.15, 0.2) is 36.8 Å². The Labute approximate surface area is 201 Å². The Morgan fingerprint density at radius 3 is 2.66 bits per heavy atom. The average molecular weight is 480 g/mol. The first-order valence-electron chi connectivity index (χ1n) is 12.0. The fraction of sp³-hybridized carbons (Fsp3) is 0.440. The van der Waals surface area contributed by atoms with Crippen LogP contribution in [0.4, 0.5) is 14.7 Å². The molecule has 2 atom stereocenters. The lowest BCUT2D eigenvalue weighted by Gasteiger charge is -2.36. The molecule has 0 amide bonds. The monoisotopic (exact) mass is 479 g/mol. The first-order chi connectivity index (χ1) is 16.9. The number of hydrogen-bond acceptors (Lipinski definition) is 6. The fourth-order valence-electron chi connectivity index (χ4n) is 4.56. The summed E-state index contributed by atoms with van der Waals surface area (Å²) in [6.45, 7) is 7.14. The Kier molecular flexibility index (Phi) is 5.28. The minimum atomic E-state index is -0.672. The molecule has 0 N–H and O–H groups in total. The molecule has 2 aliphatic rings. The van der Waals surface area contributed by atoms with Crippen molar-refractivity contribution in [2.45, 2.75) is 57.9 Å². The van der Waals surface area contributed by atoms with Gasteiger partial charge in [0.1, 0.15) is 17.7 Å². The van der Waals surface area contributed by atoms with E-state index in [0.29, 0.717) is 41.8 Å². The van der Waals surface area contributed by atoms with Crippen molar-refractivity contribution in [3.63, 3.8) is 0 Å². The number of ether oxygens (including phenoxy) is 1. The van der Waals surface area contributed by atoms with Gasteiger partial charge in [-0.2, -0.15) is 15.2 Å². The molecule has 1 saturated carbocycles. The molecule has 0 bridgehead atoms. The molecule has 8 nitrogen and oxygen atoms in total. The van der Waals surface area contributed by atoms with E-state index in [1.807, 2.05) is 42.7 Å². The van der Waals surface area contributed by atoms with Crippen LogP contribution >= 0.6 is 0 Å². The van der Waals surface area contributed by atoms with Gasteiger partial charge in [-0.15, -0.1) is 0 Å². The first kappa shape index (κ1) is 22.1. The van der Waals surface area contributed by atoms with Crippen LogP contribution in [0.3, 0.4) is 0 Å². The number of morpholine rings is 1. The maximum Gasteiger partial charge on any atom is 0.228 e. The van der Waals surface area contributed by atoms with E-state index in [1.165, 1.54) is 12.1 Å². The molecule has 10 heteroatoms. The zero-order valence-electron chi connectivity index (χ0n) is 19.9. The Hall–Kier alpha value is -3.40. The molecule has 1 aliphatic carbocycles. The van der Waals surface area contributed by atoms with Crippen LogP contribution in [-0.4, -0.2) is 48.7 Å². The molecular weight excluding hydrogens is 452 g/mol. The summed E-state index contributed by atoms with van der Waals surface area (Å²) < 4.78 is 38.5. The maximum atomic E-state index is 14.9. The molecule has 6 rings (SSSR count). The lowest BCUT2D eigenvalue weighted by Crippen LogP contribution is -2.43. The van der Waals surface area contributed by atoms with Gasteiger partial charge in [0.2, 0.25) is 5.95 Å². The summed E-state index contributed by atoms with van der Waals surface area (Å²) in [5.74, 6) is -0.861. The molecule has 2 fully saturated rings. The third-order valence-corrected chi connectivity index (χ3v) is 6.56. The Morgan fingerprint density at radius 1 is 1.09 bits per heavy atom. The van der Waals surface area contributed by atoms with Gasteiger partial charge in [-0.05, 0) is 45.7 Å². The van der Waals surface area contributed by atoms with Crippen molar-refractivity contribution < 1.29 is 13.5 Å². The van der Waals surface area contributed by atoms with E-state index in [-0.39, 0.29) is 23.8 Å². The summed E-state index contributed by atoms with van der Waals surface area (Å²) in [6.07, 6.45) is 7.81. The quantitative estimate of drug-likeness (QED) is 0.407. The normalized spacial score (nSPS) is 20.8. The van der Waals surface area contributed by atoms with Crippen molar-refractivity contribution in [3.8, 4) is 11.3 Å². The summed E-state index contributed by atoms with van der Waals surface area (Å²) >= 11 is 0. The number of nitrogens with zero attached hydrogens (tertiary/aromatic N) is 7. The van der Waals surface area contributed by atoms with Gasteiger partial charge in [-0.3, -0.25) is 9.36 Å². The van der Waals surface area contributed by atoms with Crippen molar-refractivity contribution in [1.29, 1.82) is 0 Å². The van der Waals surface area contributed by atoms with Crippen molar-refractivity contribution in [2.24, 2.45) is 0 Å². The van der Waals surface area contributed by atoms with E-state index >= 15 is 0 Å². The van der Waals surface area contributed by atoms with Gasteiger partial charge in [0.15, 0.2) is 5.65 Å². The molecular formula is C25H27F2N7O. The highest BCUT2D eigenvalue weighted by atomic mass is 19.1.